The van der Waals surface area contributed by atoms with E-state index in [4.69, 9.17) is 16.3 Å². The molecule has 2 heterocycles. The van der Waals surface area contributed by atoms with Crippen LogP contribution in [0.2, 0.25) is 5.28 Å². The number of carbonyl (C=O) groups is 1. The van der Waals surface area contributed by atoms with Crippen molar-refractivity contribution >= 4 is 44.9 Å². The number of fused-ring (bicyclic) bond motifs is 1. The highest BCUT2D eigenvalue weighted by Gasteiger charge is 2.22. The first-order valence-corrected chi connectivity index (χ1v) is 8.83. The van der Waals surface area contributed by atoms with E-state index in [0.29, 0.717) is 28.9 Å². The molecule has 0 spiro atoms. The molecule has 3 rings (SSSR count). The molecular formula is C15H18ClN3O2S. The van der Waals surface area contributed by atoms with Crippen LogP contribution in [0.15, 0.2) is 5.38 Å². The normalized spacial score (nSPS) is 15.9. The molecule has 0 amide bonds. The van der Waals surface area contributed by atoms with Crippen molar-refractivity contribution in [1.82, 2.24) is 9.97 Å². The van der Waals surface area contributed by atoms with E-state index in [-0.39, 0.29) is 11.3 Å². The Morgan fingerprint density at radius 3 is 2.91 bits per heavy atom. The fraction of sp³-hybridized carbons (Fsp3) is 0.533. The second kappa shape index (κ2) is 6.79. The standard InChI is InChI=1S/C15H18ClN3O2S/c1-2-21-14(20)10-8-22-13-11(10)12(18-15(16)19-13)17-9-6-4-3-5-7-9/h8-9H,2-7H2,1H3,(H,17,18,19). The van der Waals surface area contributed by atoms with Gasteiger partial charge in [0.25, 0.3) is 0 Å². The Bertz CT molecular complexity index is 683. The molecule has 5 nitrogen and oxygen atoms in total. The maximum Gasteiger partial charge on any atom is 0.339 e. The highest BCUT2D eigenvalue weighted by molar-refractivity contribution is 7.17. The second-order valence-corrected chi connectivity index (χ2v) is 6.57. The van der Waals surface area contributed by atoms with E-state index in [1.54, 1.807) is 12.3 Å². The maximum absolute atomic E-state index is 12.1. The number of nitrogens with one attached hydrogen (secondary N) is 1. The summed E-state index contributed by atoms with van der Waals surface area (Å²) in [5.41, 5.74) is 0.511. The SMILES string of the molecule is CCOC(=O)c1csc2nc(Cl)nc(NC3CCCCC3)c12. The number of hydrogen-bond donors (Lipinski definition) is 1. The summed E-state index contributed by atoms with van der Waals surface area (Å²) < 4.78 is 5.12. The molecule has 0 radical (unpaired) electrons. The minimum Gasteiger partial charge on any atom is -0.462 e. The molecule has 0 saturated heterocycles. The molecule has 0 aromatic carbocycles. The van der Waals surface area contributed by atoms with E-state index in [1.165, 1.54) is 30.6 Å². The number of aromatic nitrogens is 2. The van der Waals surface area contributed by atoms with Crippen molar-refractivity contribution in [2.24, 2.45) is 0 Å². The highest BCUT2D eigenvalue weighted by atomic mass is 35.5. The molecule has 1 N–H and O–H groups in total. The lowest BCUT2D eigenvalue weighted by Gasteiger charge is -2.23. The van der Waals surface area contributed by atoms with Crippen molar-refractivity contribution < 1.29 is 9.53 Å². The second-order valence-electron chi connectivity index (χ2n) is 5.37. The van der Waals surface area contributed by atoms with E-state index in [2.05, 4.69) is 15.3 Å². The molecule has 1 aliphatic carbocycles. The lowest BCUT2D eigenvalue weighted by Crippen LogP contribution is -2.23. The maximum atomic E-state index is 12.1. The predicted molar refractivity (Wildman–Crippen MR) is 88.9 cm³/mol. The summed E-state index contributed by atoms with van der Waals surface area (Å²) in [6.45, 7) is 2.14. The largest absolute Gasteiger partial charge is 0.462 e. The van der Waals surface area contributed by atoms with Crippen LogP contribution in [0.3, 0.4) is 0 Å². The summed E-state index contributed by atoms with van der Waals surface area (Å²) >= 11 is 7.40. The van der Waals surface area contributed by atoms with Crippen LogP contribution >= 0.6 is 22.9 Å². The van der Waals surface area contributed by atoms with Crippen LogP contribution in [0, 0.1) is 0 Å². The van der Waals surface area contributed by atoms with Crippen LogP contribution < -0.4 is 5.32 Å². The number of halogens is 1. The van der Waals surface area contributed by atoms with E-state index >= 15 is 0 Å². The first-order valence-electron chi connectivity index (χ1n) is 7.57. The van der Waals surface area contributed by atoms with Crippen molar-refractivity contribution in [1.29, 1.82) is 0 Å². The summed E-state index contributed by atoms with van der Waals surface area (Å²) in [5, 5.41) is 6.13. The average Bonchev–Trinajstić information content (AvgIpc) is 2.92. The Hall–Kier alpha value is -1.40. The number of hydrogen-bond acceptors (Lipinski definition) is 6. The molecule has 1 saturated carbocycles. The lowest BCUT2D eigenvalue weighted by atomic mass is 9.95. The van der Waals surface area contributed by atoms with Crippen LogP contribution in [0.1, 0.15) is 49.4 Å². The van der Waals surface area contributed by atoms with E-state index in [0.717, 1.165) is 18.2 Å². The predicted octanol–water partition coefficient (Wildman–Crippen LogP) is 4.27. The van der Waals surface area contributed by atoms with Crippen molar-refractivity contribution in [2.75, 3.05) is 11.9 Å². The molecule has 2 aromatic rings. The third-order valence-corrected chi connectivity index (χ3v) is 4.89. The van der Waals surface area contributed by atoms with Gasteiger partial charge in [-0.1, -0.05) is 19.3 Å². The third kappa shape index (κ3) is 3.17. The van der Waals surface area contributed by atoms with Crippen molar-refractivity contribution in [2.45, 2.75) is 45.1 Å². The topological polar surface area (TPSA) is 64.1 Å². The van der Waals surface area contributed by atoms with Gasteiger partial charge in [0.1, 0.15) is 10.6 Å². The molecular weight excluding hydrogens is 322 g/mol. The van der Waals surface area contributed by atoms with Crippen molar-refractivity contribution in [3.05, 3.63) is 16.2 Å². The Labute approximate surface area is 138 Å². The Balaban J connectivity index is 1.99. The number of nitrogens with zero attached hydrogens (tertiary/aromatic N) is 2. The van der Waals surface area contributed by atoms with Crippen LogP contribution in [-0.4, -0.2) is 28.6 Å². The summed E-state index contributed by atoms with van der Waals surface area (Å²) in [7, 11) is 0. The van der Waals surface area contributed by atoms with Gasteiger partial charge < -0.3 is 10.1 Å². The smallest absolute Gasteiger partial charge is 0.339 e. The Morgan fingerprint density at radius 2 is 2.18 bits per heavy atom. The summed E-state index contributed by atoms with van der Waals surface area (Å²) in [5.74, 6) is 0.303. The van der Waals surface area contributed by atoms with E-state index in [1.807, 2.05) is 0 Å². The number of ether oxygens (including phenoxy) is 1. The third-order valence-electron chi connectivity index (χ3n) is 3.85. The Morgan fingerprint density at radius 1 is 1.41 bits per heavy atom. The van der Waals surface area contributed by atoms with Gasteiger partial charge in [-0.25, -0.2) is 14.8 Å². The molecule has 7 heteroatoms. The average molecular weight is 340 g/mol. The van der Waals surface area contributed by atoms with Gasteiger partial charge in [0.2, 0.25) is 5.28 Å². The molecule has 1 aliphatic rings. The zero-order valence-corrected chi connectivity index (χ0v) is 14.0. The van der Waals surface area contributed by atoms with Gasteiger partial charge in [-0.2, -0.15) is 0 Å². The zero-order valence-electron chi connectivity index (χ0n) is 12.4. The molecule has 0 unspecified atom stereocenters. The van der Waals surface area contributed by atoms with Gasteiger partial charge in [0.15, 0.2) is 0 Å². The van der Waals surface area contributed by atoms with Gasteiger partial charge in [0.05, 0.1) is 17.6 Å². The number of anilines is 1. The molecule has 22 heavy (non-hydrogen) atoms. The molecule has 1 fully saturated rings. The molecule has 0 aliphatic heterocycles. The monoisotopic (exact) mass is 339 g/mol. The van der Waals surface area contributed by atoms with Gasteiger partial charge in [-0.3, -0.25) is 0 Å². The Kier molecular flexibility index (Phi) is 4.78. The van der Waals surface area contributed by atoms with E-state index in [9.17, 15) is 4.79 Å². The van der Waals surface area contributed by atoms with Crippen molar-refractivity contribution in [3.63, 3.8) is 0 Å². The zero-order chi connectivity index (χ0) is 15.5. The molecule has 2 aromatic heterocycles. The van der Waals surface area contributed by atoms with Crippen LogP contribution in [0.4, 0.5) is 5.82 Å². The first-order chi connectivity index (χ1) is 10.7. The number of thiophene rings is 1. The minimum atomic E-state index is -0.341. The molecule has 0 atom stereocenters. The summed E-state index contributed by atoms with van der Waals surface area (Å²) in [6, 6.07) is 0.373. The first kappa shape index (κ1) is 15.5. The summed E-state index contributed by atoms with van der Waals surface area (Å²) in [4.78, 5) is 21.4. The highest BCUT2D eigenvalue weighted by Crippen LogP contribution is 2.33. The van der Waals surface area contributed by atoms with Gasteiger partial charge >= 0.3 is 5.97 Å². The van der Waals surface area contributed by atoms with Gasteiger partial charge in [-0.15, -0.1) is 11.3 Å². The fourth-order valence-electron chi connectivity index (χ4n) is 2.82. The number of esters is 1. The molecule has 118 valence electrons. The quantitative estimate of drug-likeness (QED) is 0.665. The number of carbonyl (C=O) groups excluding carboxylic acids is 1. The van der Waals surface area contributed by atoms with Crippen LogP contribution in [-0.2, 0) is 4.74 Å². The van der Waals surface area contributed by atoms with Gasteiger partial charge in [-0.05, 0) is 31.4 Å². The van der Waals surface area contributed by atoms with Gasteiger partial charge in [0, 0.05) is 11.4 Å². The summed E-state index contributed by atoms with van der Waals surface area (Å²) in [6.07, 6.45) is 5.94. The minimum absolute atomic E-state index is 0.197. The fourth-order valence-corrected chi connectivity index (χ4v) is 3.95. The van der Waals surface area contributed by atoms with Crippen LogP contribution in [0.25, 0.3) is 10.2 Å². The molecule has 0 bridgehead atoms. The lowest BCUT2D eigenvalue weighted by molar-refractivity contribution is 0.0529. The van der Waals surface area contributed by atoms with Crippen LogP contribution in [0.5, 0.6) is 0 Å². The van der Waals surface area contributed by atoms with Crippen molar-refractivity contribution in [3.8, 4) is 0 Å². The number of rotatable bonds is 4. The van der Waals surface area contributed by atoms with E-state index < -0.39 is 0 Å².